The van der Waals surface area contributed by atoms with Crippen LogP contribution in [0, 0.1) is 17.6 Å². The monoisotopic (exact) mass is 506 g/mol. The standard InChI is InChI=1S/C26H25F3N8/c1-14-13-37(8-7-31-14)26-22-17(15-3-2-4-15)11-30-12-20(22)33-24(36-26)16-5-6-32-21(9-16)34-25-19(28)10-18(27)23(29)35-25/h5-6,9-12,14-15,31H,2-4,7-8,13H2,1H3,(H,32,34,35). The maximum absolute atomic E-state index is 14.1. The number of fused-ring (bicyclic) bond motifs is 1. The molecule has 2 fully saturated rings. The van der Waals surface area contributed by atoms with E-state index in [0.717, 1.165) is 49.2 Å². The van der Waals surface area contributed by atoms with Gasteiger partial charge in [0.25, 0.3) is 5.95 Å². The molecule has 11 heteroatoms. The van der Waals surface area contributed by atoms with E-state index >= 15 is 0 Å². The van der Waals surface area contributed by atoms with Gasteiger partial charge in [-0.05, 0) is 43.4 Å². The van der Waals surface area contributed by atoms with E-state index in [-0.39, 0.29) is 5.82 Å². The molecule has 1 saturated carbocycles. The highest BCUT2D eigenvalue weighted by Gasteiger charge is 2.27. The second-order valence-electron chi connectivity index (χ2n) is 9.57. The van der Waals surface area contributed by atoms with Crippen LogP contribution in [0.15, 0.2) is 36.8 Å². The lowest BCUT2D eigenvalue weighted by Gasteiger charge is -2.35. The minimum atomic E-state index is -1.40. The fourth-order valence-corrected chi connectivity index (χ4v) is 4.89. The highest BCUT2D eigenvalue weighted by atomic mass is 19.2. The molecular formula is C26H25F3N8. The quantitative estimate of drug-likeness (QED) is 0.376. The first kappa shape index (κ1) is 23.5. The summed E-state index contributed by atoms with van der Waals surface area (Å²) in [4.78, 5) is 24.1. The number of halogens is 3. The average molecular weight is 507 g/mol. The maximum atomic E-state index is 14.1. The van der Waals surface area contributed by atoms with E-state index in [2.05, 4.69) is 37.4 Å². The largest absolute Gasteiger partial charge is 0.353 e. The van der Waals surface area contributed by atoms with E-state index in [0.29, 0.717) is 29.4 Å². The fraction of sp³-hybridized carbons (Fsp3) is 0.346. The molecule has 2 N–H and O–H groups in total. The number of anilines is 3. The Balaban J connectivity index is 1.43. The summed E-state index contributed by atoms with van der Waals surface area (Å²) in [6.07, 6.45) is 8.70. The summed E-state index contributed by atoms with van der Waals surface area (Å²) in [6, 6.07) is 4.12. The summed E-state index contributed by atoms with van der Waals surface area (Å²) in [7, 11) is 0. The Labute approximate surface area is 211 Å². The molecule has 0 bridgehead atoms. The van der Waals surface area contributed by atoms with Crippen molar-refractivity contribution < 1.29 is 13.2 Å². The van der Waals surface area contributed by atoms with E-state index in [1.807, 2.05) is 6.20 Å². The normalized spacial score (nSPS) is 18.2. The Bertz CT molecular complexity index is 1480. The number of aromatic nitrogens is 5. The zero-order chi connectivity index (χ0) is 25.5. The predicted molar refractivity (Wildman–Crippen MR) is 134 cm³/mol. The SMILES string of the molecule is CC1CN(c2nc(-c3ccnc(Nc4nc(F)c(F)cc4F)c3)nc3cncc(C4CCC4)c23)CCN1. The molecule has 0 amide bonds. The van der Waals surface area contributed by atoms with Crippen molar-refractivity contribution in [2.45, 2.75) is 38.1 Å². The molecule has 0 radical (unpaired) electrons. The minimum absolute atomic E-state index is 0.192. The maximum Gasteiger partial charge on any atom is 0.251 e. The van der Waals surface area contributed by atoms with Crippen LogP contribution in [0.1, 0.15) is 37.7 Å². The fourth-order valence-electron chi connectivity index (χ4n) is 4.89. The van der Waals surface area contributed by atoms with Gasteiger partial charge in [0.2, 0.25) is 0 Å². The Morgan fingerprint density at radius 1 is 1.05 bits per heavy atom. The van der Waals surface area contributed by atoms with E-state index in [1.54, 1.807) is 18.3 Å². The average Bonchev–Trinajstić information content (AvgIpc) is 2.86. The molecule has 5 heterocycles. The number of rotatable bonds is 5. The third kappa shape index (κ3) is 4.55. The molecule has 1 aliphatic carbocycles. The zero-order valence-electron chi connectivity index (χ0n) is 20.2. The van der Waals surface area contributed by atoms with Crippen LogP contribution in [-0.4, -0.2) is 50.6 Å². The van der Waals surface area contributed by atoms with Gasteiger partial charge >= 0.3 is 0 Å². The summed E-state index contributed by atoms with van der Waals surface area (Å²) < 4.78 is 41.0. The van der Waals surface area contributed by atoms with Crippen molar-refractivity contribution >= 4 is 28.4 Å². The van der Waals surface area contributed by atoms with Crippen molar-refractivity contribution in [1.29, 1.82) is 0 Å². The van der Waals surface area contributed by atoms with Gasteiger partial charge in [0.15, 0.2) is 23.3 Å². The van der Waals surface area contributed by atoms with E-state index < -0.39 is 23.4 Å². The van der Waals surface area contributed by atoms with Gasteiger partial charge in [0, 0.05) is 55.1 Å². The number of hydrogen-bond acceptors (Lipinski definition) is 8. The highest BCUT2D eigenvalue weighted by molar-refractivity contribution is 5.94. The van der Waals surface area contributed by atoms with Gasteiger partial charge in [-0.15, -0.1) is 0 Å². The van der Waals surface area contributed by atoms with Gasteiger partial charge in [0.1, 0.15) is 11.6 Å². The van der Waals surface area contributed by atoms with Crippen molar-refractivity contribution in [3.05, 3.63) is 59.9 Å². The third-order valence-corrected chi connectivity index (χ3v) is 6.98. The smallest absolute Gasteiger partial charge is 0.251 e. The first-order chi connectivity index (χ1) is 18.0. The molecule has 6 rings (SSSR count). The van der Waals surface area contributed by atoms with Crippen LogP contribution in [0.4, 0.5) is 30.6 Å². The van der Waals surface area contributed by atoms with E-state index in [4.69, 9.17) is 9.97 Å². The summed E-state index contributed by atoms with van der Waals surface area (Å²) >= 11 is 0. The van der Waals surface area contributed by atoms with E-state index in [9.17, 15) is 13.2 Å². The van der Waals surface area contributed by atoms with Gasteiger partial charge in [-0.1, -0.05) is 6.42 Å². The number of pyridine rings is 3. The lowest BCUT2D eigenvalue weighted by atomic mass is 9.79. The summed E-state index contributed by atoms with van der Waals surface area (Å²) in [5.41, 5.74) is 2.57. The highest BCUT2D eigenvalue weighted by Crippen LogP contribution is 2.42. The lowest BCUT2D eigenvalue weighted by Crippen LogP contribution is -2.49. The van der Waals surface area contributed by atoms with Crippen LogP contribution < -0.4 is 15.5 Å². The second kappa shape index (κ2) is 9.55. The van der Waals surface area contributed by atoms with Crippen LogP contribution in [0.2, 0.25) is 0 Å². The van der Waals surface area contributed by atoms with Crippen LogP contribution >= 0.6 is 0 Å². The molecule has 190 valence electrons. The first-order valence-electron chi connectivity index (χ1n) is 12.3. The Morgan fingerprint density at radius 3 is 2.70 bits per heavy atom. The molecule has 1 saturated heterocycles. The van der Waals surface area contributed by atoms with Crippen LogP contribution in [-0.2, 0) is 0 Å². The summed E-state index contributed by atoms with van der Waals surface area (Å²) in [6.45, 7) is 4.62. The molecular weight excluding hydrogens is 481 g/mol. The van der Waals surface area contributed by atoms with Gasteiger partial charge in [-0.2, -0.15) is 9.37 Å². The molecule has 37 heavy (non-hydrogen) atoms. The third-order valence-electron chi connectivity index (χ3n) is 6.98. The number of nitrogens with one attached hydrogen (secondary N) is 2. The number of hydrogen-bond donors (Lipinski definition) is 2. The molecule has 1 aliphatic heterocycles. The van der Waals surface area contributed by atoms with Gasteiger partial charge in [-0.25, -0.2) is 23.7 Å². The first-order valence-corrected chi connectivity index (χ1v) is 12.3. The number of nitrogens with zero attached hydrogens (tertiary/aromatic N) is 6. The molecule has 4 aromatic heterocycles. The van der Waals surface area contributed by atoms with Crippen molar-refractivity contribution in [1.82, 2.24) is 30.2 Å². The zero-order valence-corrected chi connectivity index (χ0v) is 20.2. The molecule has 4 aromatic rings. The summed E-state index contributed by atoms with van der Waals surface area (Å²) in [5, 5.41) is 7.14. The predicted octanol–water partition coefficient (Wildman–Crippen LogP) is 4.71. The Kier molecular flexibility index (Phi) is 6.07. The lowest BCUT2D eigenvalue weighted by molar-refractivity contribution is 0.421. The Hall–Kier alpha value is -3.86. The van der Waals surface area contributed by atoms with Gasteiger partial charge in [-0.3, -0.25) is 4.98 Å². The van der Waals surface area contributed by atoms with Gasteiger partial charge < -0.3 is 15.5 Å². The van der Waals surface area contributed by atoms with Crippen LogP contribution in [0.5, 0.6) is 0 Å². The van der Waals surface area contributed by atoms with Crippen molar-refractivity contribution in [2.75, 3.05) is 29.9 Å². The van der Waals surface area contributed by atoms with E-state index in [1.165, 1.54) is 18.2 Å². The minimum Gasteiger partial charge on any atom is -0.353 e. The van der Waals surface area contributed by atoms with Crippen molar-refractivity contribution in [2.24, 2.45) is 0 Å². The molecule has 0 spiro atoms. The van der Waals surface area contributed by atoms with Gasteiger partial charge in [0.05, 0.1) is 11.7 Å². The van der Waals surface area contributed by atoms with Crippen molar-refractivity contribution in [3.8, 4) is 11.4 Å². The topological polar surface area (TPSA) is 91.8 Å². The van der Waals surface area contributed by atoms with Crippen LogP contribution in [0.25, 0.3) is 22.3 Å². The molecule has 8 nitrogen and oxygen atoms in total. The molecule has 0 aromatic carbocycles. The Morgan fingerprint density at radius 2 is 1.92 bits per heavy atom. The molecule has 1 atom stereocenters. The second-order valence-corrected chi connectivity index (χ2v) is 9.57. The molecule has 1 unspecified atom stereocenters. The number of piperazine rings is 1. The summed E-state index contributed by atoms with van der Waals surface area (Å²) in [5.74, 6) is -2.27. The van der Waals surface area contributed by atoms with Crippen molar-refractivity contribution in [3.63, 3.8) is 0 Å². The molecule has 2 aliphatic rings. The van der Waals surface area contributed by atoms with Crippen LogP contribution in [0.3, 0.4) is 0 Å².